The Labute approximate surface area is 122 Å². The Balaban J connectivity index is 1.82. The number of aromatic amines is 1. The highest BCUT2D eigenvalue weighted by Crippen LogP contribution is 2.33. The van der Waals surface area contributed by atoms with Crippen molar-refractivity contribution < 1.29 is 14.3 Å². The van der Waals surface area contributed by atoms with Gasteiger partial charge in [-0.25, -0.2) is 4.98 Å². The van der Waals surface area contributed by atoms with Crippen molar-refractivity contribution in [2.45, 2.75) is 38.3 Å². The van der Waals surface area contributed by atoms with Crippen molar-refractivity contribution in [1.29, 1.82) is 0 Å². The molecule has 0 aliphatic carbocycles. The number of amides is 1. The molecule has 1 aliphatic heterocycles. The lowest BCUT2D eigenvalue weighted by Crippen LogP contribution is -2.41. The number of H-pyrrole nitrogens is 1. The molecule has 112 valence electrons. The average Bonchev–Trinajstić information content (AvgIpc) is 3.17. The Kier molecular flexibility index (Phi) is 3.79. The van der Waals surface area contributed by atoms with Crippen molar-refractivity contribution in [2.24, 2.45) is 0 Å². The number of likely N-dealkylation sites (tertiary alicyclic amines) is 1. The summed E-state index contributed by atoms with van der Waals surface area (Å²) in [5.41, 5.74) is 0.417. The molecule has 2 unspecified atom stereocenters. The zero-order valence-electron chi connectivity index (χ0n) is 12.0. The van der Waals surface area contributed by atoms with Gasteiger partial charge in [-0.2, -0.15) is 0 Å². The molecule has 2 atom stereocenters. The molecule has 3 heterocycles. The van der Waals surface area contributed by atoms with Crippen molar-refractivity contribution in [1.82, 2.24) is 14.9 Å². The van der Waals surface area contributed by atoms with Gasteiger partial charge in [-0.1, -0.05) is 0 Å². The molecule has 0 spiro atoms. The summed E-state index contributed by atoms with van der Waals surface area (Å²) in [6.45, 7) is 2.52. The Hall–Kier alpha value is -2.08. The Bertz CT molecular complexity index is 605. The summed E-state index contributed by atoms with van der Waals surface area (Å²) in [6.07, 6.45) is 4.57. The third-order valence-corrected chi connectivity index (χ3v) is 3.92. The zero-order valence-corrected chi connectivity index (χ0v) is 12.0. The fourth-order valence-corrected chi connectivity index (χ4v) is 2.83. The number of aliphatic hydroxyl groups is 1. The first-order valence-corrected chi connectivity index (χ1v) is 7.20. The monoisotopic (exact) mass is 289 g/mol. The minimum Gasteiger partial charge on any atom is -0.464 e. The predicted molar refractivity (Wildman–Crippen MR) is 75.3 cm³/mol. The summed E-state index contributed by atoms with van der Waals surface area (Å²) in [6, 6.07) is 3.71. The smallest absolute Gasteiger partial charge is 0.258 e. The molecule has 21 heavy (non-hydrogen) atoms. The van der Waals surface area contributed by atoms with Crippen LogP contribution in [0.2, 0.25) is 0 Å². The van der Waals surface area contributed by atoms with Crippen LogP contribution in [0.5, 0.6) is 0 Å². The van der Waals surface area contributed by atoms with Gasteiger partial charge in [0.05, 0.1) is 24.3 Å². The van der Waals surface area contributed by atoms with Gasteiger partial charge in [0.2, 0.25) is 0 Å². The van der Waals surface area contributed by atoms with E-state index in [0.29, 0.717) is 12.2 Å². The highest BCUT2D eigenvalue weighted by atomic mass is 16.3. The third kappa shape index (κ3) is 2.71. The zero-order chi connectivity index (χ0) is 14.8. The van der Waals surface area contributed by atoms with Crippen LogP contribution in [0.4, 0.5) is 0 Å². The maximum Gasteiger partial charge on any atom is 0.258 e. The fourth-order valence-electron chi connectivity index (χ4n) is 2.83. The number of piperidine rings is 1. The van der Waals surface area contributed by atoms with Crippen molar-refractivity contribution >= 4 is 5.91 Å². The van der Waals surface area contributed by atoms with Crippen LogP contribution in [0.3, 0.4) is 0 Å². The lowest BCUT2D eigenvalue weighted by molar-refractivity contribution is -0.145. The van der Waals surface area contributed by atoms with Gasteiger partial charge in [0.1, 0.15) is 11.5 Å². The second-order valence-corrected chi connectivity index (χ2v) is 5.40. The first kappa shape index (κ1) is 13.9. The molecule has 6 nitrogen and oxygen atoms in total. The Morgan fingerprint density at radius 1 is 1.52 bits per heavy atom. The van der Waals surface area contributed by atoms with Crippen LogP contribution in [-0.2, 0) is 4.79 Å². The summed E-state index contributed by atoms with van der Waals surface area (Å²) in [5.74, 6) is 1.31. The molecule has 3 rings (SSSR count). The van der Waals surface area contributed by atoms with Crippen LogP contribution in [0, 0.1) is 6.92 Å². The molecule has 0 radical (unpaired) electrons. The number of aryl methyl sites for hydroxylation is 1. The van der Waals surface area contributed by atoms with E-state index in [9.17, 15) is 9.90 Å². The number of nitrogens with one attached hydrogen (secondary N) is 1. The van der Waals surface area contributed by atoms with E-state index in [4.69, 9.17) is 4.42 Å². The number of carbonyl (C=O) groups is 1. The van der Waals surface area contributed by atoms with Crippen LogP contribution in [0.1, 0.15) is 48.6 Å². The van der Waals surface area contributed by atoms with Crippen LogP contribution in [0.25, 0.3) is 0 Å². The van der Waals surface area contributed by atoms with Gasteiger partial charge in [0, 0.05) is 6.54 Å². The van der Waals surface area contributed by atoms with E-state index in [2.05, 4.69) is 9.97 Å². The Morgan fingerprint density at radius 3 is 3.05 bits per heavy atom. The minimum atomic E-state index is -1.20. The SMILES string of the molecule is Cc1ccc(C2CCCCN2C(=O)C(O)c2cnc[nH]2)o1. The van der Waals surface area contributed by atoms with E-state index in [1.165, 1.54) is 12.5 Å². The van der Waals surface area contributed by atoms with Crippen LogP contribution < -0.4 is 0 Å². The lowest BCUT2D eigenvalue weighted by Gasteiger charge is -2.35. The maximum absolute atomic E-state index is 12.6. The highest BCUT2D eigenvalue weighted by molar-refractivity contribution is 5.82. The van der Waals surface area contributed by atoms with Crippen LogP contribution >= 0.6 is 0 Å². The van der Waals surface area contributed by atoms with Crippen molar-refractivity contribution in [3.05, 3.63) is 41.9 Å². The fraction of sp³-hybridized carbons (Fsp3) is 0.467. The first-order chi connectivity index (χ1) is 10.2. The summed E-state index contributed by atoms with van der Waals surface area (Å²) in [4.78, 5) is 20.9. The first-order valence-electron chi connectivity index (χ1n) is 7.20. The van der Waals surface area contributed by atoms with Crippen LogP contribution in [-0.4, -0.2) is 32.4 Å². The van der Waals surface area contributed by atoms with Crippen molar-refractivity contribution in [2.75, 3.05) is 6.54 Å². The third-order valence-electron chi connectivity index (χ3n) is 3.92. The quantitative estimate of drug-likeness (QED) is 0.906. The molecule has 0 aromatic carbocycles. The number of imidazole rings is 1. The van der Waals surface area contributed by atoms with Gasteiger partial charge < -0.3 is 19.4 Å². The molecule has 2 N–H and O–H groups in total. The maximum atomic E-state index is 12.6. The highest BCUT2D eigenvalue weighted by Gasteiger charge is 2.34. The molecule has 0 bridgehead atoms. The number of hydrogen-bond donors (Lipinski definition) is 2. The van der Waals surface area contributed by atoms with Gasteiger partial charge >= 0.3 is 0 Å². The lowest BCUT2D eigenvalue weighted by atomic mass is 9.99. The van der Waals surface area contributed by atoms with E-state index < -0.39 is 6.10 Å². The number of furan rings is 1. The number of aromatic nitrogens is 2. The van der Waals surface area contributed by atoms with Gasteiger partial charge in [-0.3, -0.25) is 4.79 Å². The number of carbonyl (C=O) groups excluding carboxylic acids is 1. The normalized spacial score (nSPS) is 20.5. The van der Waals surface area contributed by atoms with Crippen molar-refractivity contribution in [3.63, 3.8) is 0 Å². The standard InChI is InChI=1S/C15H19N3O3/c1-10-5-6-13(21-10)12-4-2-3-7-18(12)15(20)14(19)11-8-16-9-17-11/h5-6,8-9,12,14,19H,2-4,7H2,1H3,(H,16,17). The molecule has 2 aromatic rings. The molecule has 1 amide bonds. The minimum absolute atomic E-state index is 0.0995. The average molecular weight is 289 g/mol. The van der Waals surface area contributed by atoms with E-state index in [0.717, 1.165) is 30.8 Å². The van der Waals surface area contributed by atoms with Gasteiger partial charge in [-0.05, 0) is 38.3 Å². The molecule has 1 aliphatic rings. The van der Waals surface area contributed by atoms with Gasteiger partial charge in [-0.15, -0.1) is 0 Å². The summed E-state index contributed by atoms with van der Waals surface area (Å²) >= 11 is 0. The molecular weight excluding hydrogens is 270 g/mol. The summed E-state index contributed by atoms with van der Waals surface area (Å²) < 4.78 is 5.68. The van der Waals surface area contributed by atoms with Gasteiger partial charge in [0.25, 0.3) is 5.91 Å². The van der Waals surface area contributed by atoms with E-state index in [-0.39, 0.29) is 11.9 Å². The molecule has 1 saturated heterocycles. The molecule has 2 aromatic heterocycles. The number of aliphatic hydroxyl groups excluding tert-OH is 1. The second-order valence-electron chi connectivity index (χ2n) is 5.40. The molecule has 1 fully saturated rings. The predicted octanol–water partition coefficient (Wildman–Crippen LogP) is 2.10. The van der Waals surface area contributed by atoms with E-state index in [1.54, 1.807) is 4.90 Å². The van der Waals surface area contributed by atoms with Gasteiger partial charge in [0.15, 0.2) is 6.10 Å². The molecule has 6 heteroatoms. The van der Waals surface area contributed by atoms with Crippen LogP contribution in [0.15, 0.2) is 29.1 Å². The summed E-state index contributed by atoms with van der Waals surface area (Å²) in [5, 5.41) is 10.2. The largest absolute Gasteiger partial charge is 0.464 e. The number of rotatable bonds is 3. The second kappa shape index (κ2) is 5.73. The Morgan fingerprint density at radius 2 is 2.38 bits per heavy atom. The number of hydrogen-bond acceptors (Lipinski definition) is 4. The number of nitrogens with zero attached hydrogens (tertiary/aromatic N) is 2. The summed E-state index contributed by atoms with van der Waals surface area (Å²) in [7, 11) is 0. The molecular formula is C15H19N3O3. The topological polar surface area (TPSA) is 82.4 Å². The van der Waals surface area contributed by atoms with Crippen molar-refractivity contribution in [3.8, 4) is 0 Å². The van der Waals surface area contributed by atoms with E-state index >= 15 is 0 Å². The molecule has 0 saturated carbocycles. The van der Waals surface area contributed by atoms with E-state index in [1.807, 2.05) is 19.1 Å².